The second kappa shape index (κ2) is 3.65. The Balaban J connectivity index is 2.35. The van der Waals surface area contributed by atoms with E-state index < -0.39 is 0 Å². The summed E-state index contributed by atoms with van der Waals surface area (Å²) < 4.78 is 5.45. The molecule has 0 fully saturated rings. The summed E-state index contributed by atoms with van der Waals surface area (Å²) in [5.41, 5.74) is 2.35. The van der Waals surface area contributed by atoms with Gasteiger partial charge < -0.3 is 4.42 Å². The van der Waals surface area contributed by atoms with Crippen LogP contribution < -0.4 is 0 Å². The fourth-order valence-corrected chi connectivity index (χ4v) is 1.59. The van der Waals surface area contributed by atoms with Gasteiger partial charge in [-0.2, -0.15) is 0 Å². The van der Waals surface area contributed by atoms with Crippen molar-refractivity contribution in [3.8, 4) is 0 Å². The minimum atomic E-state index is 1.01. The van der Waals surface area contributed by atoms with Gasteiger partial charge in [0, 0.05) is 5.39 Å². The molecule has 0 N–H and O–H groups in total. The third-order valence-electron chi connectivity index (χ3n) is 2.36. The summed E-state index contributed by atoms with van der Waals surface area (Å²) in [6, 6.07) is 8.22. The zero-order valence-electron chi connectivity index (χ0n) is 7.92. The van der Waals surface area contributed by atoms with E-state index >= 15 is 0 Å². The standard InChI is InChI=1S/C12H14O/c1-2-3-6-10-9-13-12-8-5-4-7-11(10)12/h4-5,7-9H,2-3,6H2,1H3. The third kappa shape index (κ3) is 1.59. The molecule has 1 heterocycles. The van der Waals surface area contributed by atoms with Gasteiger partial charge in [-0.1, -0.05) is 31.5 Å². The van der Waals surface area contributed by atoms with Crippen LogP contribution in [0.15, 0.2) is 34.9 Å². The Kier molecular flexibility index (Phi) is 2.35. The molecule has 0 bridgehead atoms. The predicted octanol–water partition coefficient (Wildman–Crippen LogP) is 3.78. The number of furan rings is 1. The molecule has 0 spiro atoms. The maximum atomic E-state index is 5.45. The van der Waals surface area contributed by atoms with Crippen LogP contribution in [0.1, 0.15) is 25.3 Å². The highest BCUT2D eigenvalue weighted by Crippen LogP contribution is 2.21. The number of para-hydroxylation sites is 1. The molecule has 1 aromatic carbocycles. The Morgan fingerprint density at radius 3 is 2.92 bits per heavy atom. The van der Waals surface area contributed by atoms with Crippen LogP contribution in [0.25, 0.3) is 11.0 Å². The van der Waals surface area contributed by atoms with Gasteiger partial charge >= 0.3 is 0 Å². The number of benzene rings is 1. The van der Waals surface area contributed by atoms with Gasteiger partial charge in [0.15, 0.2) is 0 Å². The van der Waals surface area contributed by atoms with E-state index in [0.717, 1.165) is 12.0 Å². The van der Waals surface area contributed by atoms with E-state index in [1.807, 2.05) is 18.4 Å². The summed E-state index contributed by atoms with van der Waals surface area (Å²) in [6.07, 6.45) is 5.50. The lowest BCUT2D eigenvalue weighted by atomic mass is 10.1. The van der Waals surface area contributed by atoms with E-state index in [-0.39, 0.29) is 0 Å². The summed E-state index contributed by atoms with van der Waals surface area (Å²) in [6.45, 7) is 2.21. The first-order valence-corrected chi connectivity index (χ1v) is 4.87. The van der Waals surface area contributed by atoms with Crippen LogP contribution >= 0.6 is 0 Å². The number of rotatable bonds is 3. The molecule has 0 radical (unpaired) electrons. The zero-order valence-corrected chi connectivity index (χ0v) is 7.92. The molecule has 2 rings (SSSR count). The largest absolute Gasteiger partial charge is 0.464 e. The van der Waals surface area contributed by atoms with E-state index in [4.69, 9.17) is 4.42 Å². The Hall–Kier alpha value is -1.24. The molecule has 0 saturated carbocycles. The molecule has 0 amide bonds. The third-order valence-corrected chi connectivity index (χ3v) is 2.36. The summed E-state index contributed by atoms with van der Waals surface area (Å²) in [5, 5.41) is 1.27. The van der Waals surface area contributed by atoms with Crippen molar-refractivity contribution in [2.75, 3.05) is 0 Å². The lowest BCUT2D eigenvalue weighted by Crippen LogP contribution is -1.80. The number of hydrogen-bond acceptors (Lipinski definition) is 1. The topological polar surface area (TPSA) is 13.1 Å². The molecule has 68 valence electrons. The summed E-state index contributed by atoms with van der Waals surface area (Å²) in [7, 11) is 0. The van der Waals surface area contributed by atoms with Gasteiger partial charge in [-0.25, -0.2) is 0 Å². The molecule has 1 aromatic heterocycles. The highest BCUT2D eigenvalue weighted by molar-refractivity contribution is 5.80. The summed E-state index contributed by atoms with van der Waals surface area (Å²) >= 11 is 0. The van der Waals surface area contributed by atoms with Crippen LogP contribution in [0.3, 0.4) is 0 Å². The number of unbranched alkanes of at least 4 members (excludes halogenated alkanes) is 1. The van der Waals surface area contributed by atoms with Gasteiger partial charge in [0.05, 0.1) is 6.26 Å². The second-order valence-electron chi connectivity index (χ2n) is 3.36. The van der Waals surface area contributed by atoms with Crippen molar-refractivity contribution in [1.82, 2.24) is 0 Å². The number of fused-ring (bicyclic) bond motifs is 1. The van der Waals surface area contributed by atoms with Gasteiger partial charge in [0.25, 0.3) is 0 Å². The van der Waals surface area contributed by atoms with Crippen LogP contribution in [0.5, 0.6) is 0 Å². The number of hydrogen-bond donors (Lipinski definition) is 0. The van der Waals surface area contributed by atoms with Crippen LogP contribution in [0, 0.1) is 0 Å². The van der Waals surface area contributed by atoms with Gasteiger partial charge in [-0.3, -0.25) is 0 Å². The molecule has 0 unspecified atom stereocenters. The van der Waals surface area contributed by atoms with Crippen molar-refractivity contribution in [3.05, 3.63) is 36.1 Å². The Morgan fingerprint density at radius 2 is 2.08 bits per heavy atom. The van der Waals surface area contributed by atoms with Crippen molar-refractivity contribution in [1.29, 1.82) is 0 Å². The SMILES string of the molecule is CCCCc1coc2ccccc12. The minimum absolute atomic E-state index is 1.01. The van der Waals surface area contributed by atoms with Crippen molar-refractivity contribution < 1.29 is 4.42 Å². The average molecular weight is 174 g/mol. The van der Waals surface area contributed by atoms with Gasteiger partial charge in [0.2, 0.25) is 0 Å². The first kappa shape index (κ1) is 8.36. The predicted molar refractivity (Wildman–Crippen MR) is 54.8 cm³/mol. The molecule has 0 aliphatic heterocycles. The first-order valence-electron chi connectivity index (χ1n) is 4.87. The molecule has 1 nitrogen and oxygen atoms in total. The quantitative estimate of drug-likeness (QED) is 0.690. The molecule has 2 aromatic rings. The van der Waals surface area contributed by atoms with E-state index in [2.05, 4.69) is 19.1 Å². The lowest BCUT2D eigenvalue weighted by Gasteiger charge is -1.94. The minimum Gasteiger partial charge on any atom is -0.464 e. The molecule has 0 aliphatic rings. The van der Waals surface area contributed by atoms with Crippen LogP contribution in [-0.4, -0.2) is 0 Å². The molecular formula is C12H14O. The van der Waals surface area contributed by atoms with Crippen molar-refractivity contribution in [2.45, 2.75) is 26.2 Å². The maximum absolute atomic E-state index is 5.45. The van der Waals surface area contributed by atoms with Crippen LogP contribution in [0.2, 0.25) is 0 Å². The number of aryl methyl sites for hydroxylation is 1. The monoisotopic (exact) mass is 174 g/mol. The van der Waals surface area contributed by atoms with Gasteiger partial charge in [-0.05, 0) is 24.5 Å². The fraction of sp³-hybridized carbons (Fsp3) is 0.333. The van der Waals surface area contributed by atoms with Crippen molar-refractivity contribution in [2.24, 2.45) is 0 Å². The Bertz CT molecular complexity index is 387. The van der Waals surface area contributed by atoms with Gasteiger partial charge in [0.1, 0.15) is 5.58 Å². The van der Waals surface area contributed by atoms with Crippen LogP contribution in [0.4, 0.5) is 0 Å². The molecular weight excluding hydrogens is 160 g/mol. The summed E-state index contributed by atoms with van der Waals surface area (Å²) in [5.74, 6) is 0. The maximum Gasteiger partial charge on any atom is 0.134 e. The molecule has 0 saturated heterocycles. The van der Waals surface area contributed by atoms with E-state index in [9.17, 15) is 0 Å². The van der Waals surface area contributed by atoms with Crippen LogP contribution in [-0.2, 0) is 6.42 Å². The van der Waals surface area contributed by atoms with E-state index in [1.54, 1.807) is 0 Å². The Labute approximate surface area is 78.4 Å². The highest BCUT2D eigenvalue weighted by Gasteiger charge is 2.02. The smallest absolute Gasteiger partial charge is 0.134 e. The molecule has 0 aliphatic carbocycles. The lowest BCUT2D eigenvalue weighted by molar-refractivity contribution is 0.608. The zero-order chi connectivity index (χ0) is 9.10. The van der Waals surface area contributed by atoms with Crippen molar-refractivity contribution >= 4 is 11.0 Å². The summed E-state index contributed by atoms with van der Waals surface area (Å²) in [4.78, 5) is 0. The highest BCUT2D eigenvalue weighted by atomic mass is 16.3. The van der Waals surface area contributed by atoms with E-state index in [1.165, 1.54) is 23.8 Å². The van der Waals surface area contributed by atoms with Gasteiger partial charge in [-0.15, -0.1) is 0 Å². The first-order chi connectivity index (χ1) is 6.42. The second-order valence-corrected chi connectivity index (χ2v) is 3.36. The van der Waals surface area contributed by atoms with E-state index in [0.29, 0.717) is 0 Å². The average Bonchev–Trinajstić information content (AvgIpc) is 2.58. The fourth-order valence-electron chi connectivity index (χ4n) is 1.59. The molecule has 0 atom stereocenters. The molecule has 13 heavy (non-hydrogen) atoms. The molecule has 1 heteroatoms. The normalized spacial score (nSPS) is 10.8. The Morgan fingerprint density at radius 1 is 1.23 bits per heavy atom. The van der Waals surface area contributed by atoms with Crippen molar-refractivity contribution in [3.63, 3.8) is 0 Å².